The van der Waals surface area contributed by atoms with E-state index in [4.69, 9.17) is 11.6 Å². The fourth-order valence-electron chi connectivity index (χ4n) is 2.15. The molecule has 0 heterocycles. The lowest BCUT2D eigenvalue weighted by Gasteiger charge is -2.27. The fraction of sp³-hybridized carbons (Fsp3) is 0.533. The summed E-state index contributed by atoms with van der Waals surface area (Å²) in [4.78, 5) is 13.7. The van der Waals surface area contributed by atoms with E-state index in [0.717, 1.165) is 11.8 Å². The lowest BCUT2D eigenvalue weighted by molar-refractivity contribution is 0.193. The standard InChI is InChI=1S/C15H23ClN2O3S/c1-5-14(12-7-6-8-13(16)9-12)17-15(19)18(3)11(2)10-22(4,20)21/h6-9,11,14H,5,10H2,1-4H3,(H,17,19)/t11-,14+/m0/s1. The predicted octanol–water partition coefficient (Wildman–Crippen LogP) is 2.87. The van der Waals surface area contributed by atoms with Gasteiger partial charge in [0.1, 0.15) is 9.84 Å². The quantitative estimate of drug-likeness (QED) is 0.861. The molecular formula is C15H23ClN2O3S. The highest BCUT2D eigenvalue weighted by atomic mass is 35.5. The highest BCUT2D eigenvalue weighted by Gasteiger charge is 2.22. The highest BCUT2D eigenvalue weighted by molar-refractivity contribution is 7.90. The van der Waals surface area contributed by atoms with E-state index in [1.807, 2.05) is 25.1 Å². The molecule has 0 spiro atoms. The summed E-state index contributed by atoms with van der Waals surface area (Å²) in [5.41, 5.74) is 0.924. The molecule has 0 aliphatic heterocycles. The minimum Gasteiger partial charge on any atom is -0.331 e. The van der Waals surface area contributed by atoms with Gasteiger partial charge in [-0.2, -0.15) is 0 Å². The summed E-state index contributed by atoms with van der Waals surface area (Å²) >= 11 is 5.98. The van der Waals surface area contributed by atoms with Gasteiger partial charge in [0.05, 0.1) is 11.8 Å². The van der Waals surface area contributed by atoms with Crippen LogP contribution in [0.1, 0.15) is 31.9 Å². The van der Waals surface area contributed by atoms with Crippen LogP contribution in [-0.4, -0.2) is 44.4 Å². The van der Waals surface area contributed by atoms with E-state index in [1.54, 1.807) is 20.0 Å². The first kappa shape index (κ1) is 18.8. The SMILES string of the molecule is CC[C@@H](NC(=O)N(C)[C@@H](C)CS(C)(=O)=O)c1cccc(Cl)c1. The first-order chi connectivity index (χ1) is 10.1. The molecule has 0 saturated carbocycles. The normalized spacial score (nSPS) is 14.2. The van der Waals surface area contributed by atoms with Gasteiger partial charge in [-0.1, -0.05) is 30.7 Å². The average Bonchev–Trinajstić information content (AvgIpc) is 2.41. The van der Waals surface area contributed by atoms with Crippen LogP contribution >= 0.6 is 11.6 Å². The van der Waals surface area contributed by atoms with Crippen LogP contribution in [0, 0.1) is 0 Å². The van der Waals surface area contributed by atoms with Gasteiger partial charge in [-0.15, -0.1) is 0 Å². The molecule has 1 aromatic rings. The molecule has 0 aromatic heterocycles. The molecule has 1 aromatic carbocycles. The van der Waals surface area contributed by atoms with Gasteiger partial charge >= 0.3 is 6.03 Å². The van der Waals surface area contributed by atoms with E-state index < -0.39 is 15.9 Å². The van der Waals surface area contributed by atoms with E-state index in [-0.39, 0.29) is 17.8 Å². The third-order valence-electron chi connectivity index (χ3n) is 3.48. The molecule has 1 N–H and O–H groups in total. The number of hydrogen-bond donors (Lipinski definition) is 1. The van der Waals surface area contributed by atoms with Gasteiger partial charge in [0.2, 0.25) is 0 Å². The summed E-state index contributed by atoms with van der Waals surface area (Å²) in [6, 6.07) is 6.47. The number of urea groups is 1. The molecule has 0 aliphatic rings. The van der Waals surface area contributed by atoms with Crippen molar-refractivity contribution in [2.75, 3.05) is 19.1 Å². The molecular weight excluding hydrogens is 324 g/mol. The third kappa shape index (κ3) is 5.85. The van der Waals surface area contributed by atoms with Gasteiger partial charge in [-0.05, 0) is 31.0 Å². The number of benzene rings is 1. The maximum Gasteiger partial charge on any atom is 0.317 e. The van der Waals surface area contributed by atoms with Crippen molar-refractivity contribution in [1.82, 2.24) is 10.2 Å². The molecule has 124 valence electrons. The average molecular weight is 347 g/mol. The molecule has 7 heteroatoms. The van der Waals surface area contributed by atoms with Crippen molar-refractivity contribution in [3.8, 4) is 0 Å². The first-order valence-corrected chi connectivity index (χ1v) is 9.54. The zero-order chi connectivity index (χ0) is 16.9. The second-order valence-corrected chi connectivity index (χ2v) is 8.14. The molecule has 5 nitrogen and oxygen atoms in total. The molecule has 0 fully saturated rings. The maximum absolute atomic E-state index is 12.3. The van der Waals surface area contributed by atoms with E-state index >= 15 is 0 Å². The largest absolute Gasteiger partial charge is 0.331 e. The number of hydrogen-bond acceptors (Lipinski definition) is 3. The van der Waals surface area contributed by atoms with E-state index in [0.29, 0.717) is 11.4 Å². The summed E-state index contributed by atoms with van der Waals surface area (Å²) in [7, 11) is -1.54. The van der Waals surface area contributed by atoms with Crippen molar-refractivity contribution in [3.05, 3.63) is 34.9 Å². The van der Waals surface area contributed by atoms with E-state index in [9.17, 15) is 13.2 Å². The van der Waals surface area contributed by atoms with Crippen molar-refractivity contribution in [2.45, 2.75) is 32.4 Å². The Bertz CT molecular complexity index is 619. The summed E-state index contributed by atoms with van der Waals surface area (Å²) in [5.74, 6) is -0.0646. The smallest absolute Gasteiger partial charge is 0.317 e. The Hall–Kier alpha value is -1.27. The monoisotopic (exact) mass is 346 g/mol. The van der Waals surface area contributed by atoms with Gasteiger partial charge in [0, 0.05) is 24.4 Å². The second kappa shape index (κ2) is 7.83. The van der Waals surface area contributed by atoms with Gasteiger partial charge in [-0.3, -0.25) is 0 Å². The number of amides is 2. The van der Waals surface area contributed by atoms with Crippen molar-refractivity contribution in [1.29, 1.82) is 0 Å². The molecule has 0 saturated heterocycles. The summed E-state index contributed by atoms with van der Waals surface area (Å²) in [5, 5.41) is 3.52. The number of rotatable bonds is 6. The van der Waals surface area contributed by atoms with Crippen molar-refractivity contribution in [3.63, 3.8) is 0 Å². The molecule has 0 radical (unpaired) electrons. The number of nitrogens with one attached hydrogen (secondary N) is 1. The van der Waals surface area contributed by atoms with Crippen molar-refractivity contribution < 1.29 is 13.2 Å². The zero-order valence-electron chi connectivity index (χ0n) is 13.3. The van der Waals surface area contributed by atoms with Crippen molar-refractivity contribution >= 4 is 27.5 Å². The topological polar surface area (TPSA) is 66.5 Å². The second-order valence-electron chi connectivity index (χ2n) is 5.52. The number of halogens is 1. The zero-order valence-corrected chi connectivity index (χ0v) is 14.9. The third-order valence-corrected chi connectivity index (χ3v) is 4.81. The Morgan fingerprint density at radius 3 is 2.55 bits per heavy atom. The lowest BCUT2D eigenvalue weighted by Crippen LogP contribution is -2.46. The fourth-order valence-corrected chi connectivity index (χ4v) is 3.44. The number of sulfone groups is 1. The Balaban J connectivity index is 2.76. The first-order valence-electron chi connectivity index (χ1n) is 7.10. The predicted molar refractivity (Wildman–Crippen MR) is 90.0 cm³/mol. The van der Waals surface area contributed by atoms with Crippen LogP contribution in [0.25, 0.3) is 0 Å². The van der Waals surface area contributed by atoms with Crippen LogP contribution in [0.15, 0.2) is 24.3 Å². The molecule has 22 heavy (non-hydrogen) atoms. The molecule has 0 bridgehead atoms. The maximum atomic E-state index is 12.3. The van der Waals surface area contributed by atoms with Crippen LogP contribution in [0.2, 0.25) is 5.02 Å². The number of carbonyl (C=O) groups excluding carboxylic acids is 1. The number of carbonyl (C=O) groups is 1. The molecule has 0 aliphatic carbocycles. The highest BCUT2D eigenvalue weighted by Crippen LogP contribution is 2.20. The Morgan fingerprint density at radius 1 is 1.41 bits per heavy atom. The summed E-state index contributed by atoms with van der Waals surface area (Å²) in [6.45, 7) is 3.67. The van der Waals surface area contributed by atoms with Gasteiger partial charge in [-0.25, -0.2) is 13.2 Å². The van der Waals surface area contributed by atoms with E-state index in [1.165, 1.54) is 4.90 Å². The van der Waals surface area contributed by atoms with Gasteiger partial charge in [0.15, 0.2) is 0 Å². The van der Waals surface area contributed by atoms with Gasteiger partial charge in [0.25, 0.3) is 0 Å². The van der Waals surface area contributed by atoms with Crippen LogP contribution in [0.4, 0.5) is 4.79 Å². The molecule has 2 atom stereocenters. The summed E-state index contributed by atoms with van der Waals surface area (Å²) < 4.78 is 22.7. The molecule has 1 rings (SSSR count). The Labute approximate surface area is 137 Å². The minimum atomic E-state index is -3.13. The van der Waals surface area contributed by atoms with Gasteiger partial charge < -0.3 is 10.2 Å². The van der Waals surface area contributed by atoms with Crippen LogP contribution in [0.3, 0.4) is 0 Å². The lowest BCUT2D eigenvalue weighted by atomic mass is 10.0. The Morgan fingerprint density at radius 2 is 2.05 bits per heavy atom. The minimum absolute atomic E-state index is 0.0646. The Kier molecular flexibility index (Phi) is 6.68. The molecule has 0 unspecified atom stereocenters. The number of nitrogens with zero attached hydrogens (tertiary/aromatic N) is 1. The van der Waals surface area contributed by atoms with Crippen LogP contribution in [0.5, 0.6) is 0 Å². The summed E-state index contributed by atoms with van der Waals surface area (Å²) in [6.07, 6.45) is 1.87. The van der Waals surface area contributed by atoms with Crippen molar-refractivity contribution in [2.24, 2.45) is 0 Å². The van der Waals surface area contributed by atoms with E-state index in [2.05, 4.69) is 5.32 Å². The van der Waals surface area contributed by atoms with Crippen LogP contribution in [-0.2, 0) is 9.84 Å². The van der Waals surface area contributed by atoms with Crippen LogP contribution < -0.4 is 5.32 Å². The molecule has 2 amide bonds.